The van der Waals surface area contributed by atoms with Crippen LogP contribution in [0.1, 0.15) is 28.4 Å². The van der Waals surface area contributed by atoms with Crippen molar-refractivity contribution in [2.75, 3.05) is 0 Å². The van der Waals surface area contributed by atoms with Crippen molar-refractivity contribution in [1.29, 1.82) is 5.26 Å². The second kappa shape index (κ2) is 5.97. The summed E-state index contributed by atoms with van der Waals surface area (Å²) in [6.07, 6.45) is 3.02. The van der Waals surface area contributed by atoms with Gasteiger partial charge < -0.3 is 5.11 Å². The van der Waals surface area contributed by atoms with Crippen LogP contribution in [0.2, 0.25) is 0 Å². The summed E-state index contributed by atoms with van der Waals surface area (Å²) in [7, 11) is 0. The lowest BCUT2D eigenvalue weighted by Gasteiger charge is -2.07. The van der Waals surface area contributed by atoms with E-state index in [1.54, 1.807) is 30.3 Å². The topological polar surface area (TPSA) is 91.8 Å². The molecule has 6 heteroatoms. The molecule has 0 radical (unpaired) electrons. The van der Waals surface area contributed by atoms with Crippen molar-refractivity contribution >= 4 is 5.78 Å². The van der Waals surface area contributed by atoms with E-state index in [1.165, 1.54) is 24.0 Å². The normalized spacial score (nSPS) is 10.4. The third-order valence-corrected chi connectivity index (χ3v) is 3.76. The van der Waals surface area contributed by atoms with E-state index in [-0.39, 0.29) is 11.7 Å². The van der Waals surface area contributed by atoms with Gasteiger partial charge in [0.1, 0.15) is 0 Å². The first-order valence-corrected chi connectivity index (χ1v) is 7.26. The Kier molecular flexibility index (Phi) is 3.84. The monoisotopic (exact) mass is 318 g/mol. The van der Waals surface area contributed by atoms with Crippen LogP contribution in [0.4, 0.5) is 0 Å². The second-order valence-electron chi connectivity index (χ2n) is 5.40. The van der Waals surface area contributed by atoms with Crippen molar-refractivity contribution in [3.05, 3.63) is 59.4 Å². The molecule has 0 spiro atoms. The number of hydrogen-bond donors (Lipinski definition) is 1. The first-order chi connectivity index (χ1) is 11.5. The fraction of sp³-hybridized carbons (Fsp3) is 0.111. The van der Waals surface area contributed by atoms with Gasteiger partial charge in [-0.25, -0.2) is 4.98 Å². The van der Waals surface area contributed by atoms with Gasteiger partial charge in [0.05, 0.1) is 23.4 Å². The molecule has 2 heterocycles. The molecule has 118 valence electrons. The molecular weight excluding hydrogens is 304 g/mol. The minimum absolute atomic E-state index is 0.0535. The molecule has 6 nitrogen and oxygen atoms in total. The third kappa shape index (κ3) is 2.63. The maximum absolute atomic E-state index is 11.5. The molecule has 24 heavy (non-hydrogen) atoms. The highest BCUT2D eigenvalue weighted by atomic mass is 16.3. The van der Waals surface area contributed by atoms with Crippen molar-refractivity contribution in [3.63, 3.8) is 0 Å². The largest absolute Gasteiger partial charge is 0.493 e. The van der Waals surface area contributed by atoms with Crippen molar-refractivity contribution in [2.24, 2.45) is 0 Å². The predicted octanol–water partition coefficient (Wildman–Crippen LogP) is 3.02. The average Bonchev–Trinajstić information content (AvgIpc) is 2.96. The molecule has 0 aliphatic heterocycles. The van der Waals surface area contributed by atoms with E-state index in [0.29, 0.717) is 22.5 Å². The Hall–Kier alpha value is -3.46. The zero-order chi connectivity index (χ0) is 17.3. The molecule has 0 saturated carbocycles. The predicted molar refractivity (Wildman–Crippen MR) is 87.9 cm³/mol. The molecule has 1 aromatic carbocycles. The van der Waals surface area contributed by atoms with Crippen molar-refractivity contribution in [1.82, 2.24) is 14.8 Å². The van der Waals surface area contributed by atoms with E-state index in [1.807, 2.05) is 6.92 Å². The van der Waals surface area contributed by atoms with Gasteiger partial charge in [-0.2, -0.15) is 15.0 Å². The second-order valence-corrected chi connectivity index (χ2v) is 5.40. The summed E-state index contributed by atoms with van der Waals surface area (Å²) in [5.41, 5.74) is 3.13. The van der Waals surface area contributed by atoms with Crippen LogP contribution in [-0.2, 0) is 0 Å². The first kappa shape index (κ1) is 15.4. The molecule has 0 aliphatic rings. The molecule has 0 aliphatic carbocycles. The molecule has 0 unspecified atom stereocenters. The lowest BCUT2D eigenvalue weighted by Crippen LogP contribution is -2.03. The summed E-state index contributed by atoms with van der Waals surface area (Å²) >= 11 is 0. The first-order valence-electron chi connectivity index (χ1n) is 7.26. The number of rotatable bonds is 3. The van der Waals surface area contributed by atoms with Crippen LogP contribution in [0.25, 0.3) is 16.9 Å². The van der Waals surface area contributed by atoms with Crippen LogP contribution >= 0.6 is 0 Å². The average molecular weight is 318 g/mol. The molecule has 0 atom stereocenters. The number of benzene rings is 1. The van der Waals surface area contributed by atoms with Crippen molar-refractivity contribution in [2.45, 2.75) is 13.8 Å². The number of nitriles is 1. The molecular formula is C18H14N4O2. The number of carbonyl (C=O) groups is 1. The Balaban J connectivity index is 2.02. The number of Topliss-reactive ketones (excluding diaryl/α,β-unsaturated/α-hetero) is 1. The van der Waals surface area contributed by atoms with Crippen molar-refractivity contribution in [3.8, 4) is 28.9 Å². The highest BCUT2D eigenvalue weighted by Crippen LogP contribution is 2.30. The Morgan fingerprint density at radius 2 is 1.96 bits per heavy atom. The van der Waals surface area contributed by atoms with Gasteiger partial charge in [0, 0.05) is 11.8 Å². The smallest absolute Gasteiger partial charge is 0.223 e. The fourth-order valence-corrected chi connectivity index (χ4v) is 2.46. The van der Waals surface area contributed by atoms with Gasteiger partial charge in [-0.15, -0.1) is 0 Å². The molecule has 1 N–H and O–H groups in total. The molecule has 0 bridgehead atoms. The summed E-state index contributed by atoms with van der Waals surface area (Å²) < 4.78 is 1.31. The number of aromatic nitrogens is 3. The van der Waals surface area contributed by atoms with Crippen molar-refractivity contribution < 1.29 is 9.90 Å². The summed E-state index contributed by atoms with van der Waals surface area (Å²) in [4.78, 5) is 15.7. The van der Waals surface area contributed by atoms with Crippen LogP contribution in [0.5, 0.6) is 5.88 Å². The minimum Gasteiger partial charge on any atom is -0.493 e. The van der Waals surface area contributed by atoms with Gasteiger partial charge in [0.15, 0.2) is 11.6 Å². The van der Waals surface area contributed by atoms with Crippen LogP contribution in [-0.4, -0.2) is 25.7 Å². The van der Waals surface area contributed by atoms with E-state index in [4.69, 9.17) is 5.26 Å². The Morgan fingerprint density at radius 3 is 2.54 bits per heavy atom. The zero-order valence-electron chi connectivity index (χ0n) is 13.2. The number of nitrogens with zero attached hydrogens (tertiary/aromatic N) is 4. The van der Waals surface area contributed by atoms with E-state index in [2.05, 4.69) is 16.2 Å². The van der Waals surface area contributed by atoms with Gasteiger partial charge in [0.25, 0.3) is 0 Å². The Labute approximate surface area is 138 Å². The van der Waals surface area contributed by atoms with Gasteiger partial charge >= 0.3 is 0 Å². The molecule has 3 rings (SSSR count). The maximum atomic E-state index is 11.5. The quantitative estimate of drug-likeness (QED) is 0.749. The number of ketones is 1. The summed E-state index contributed by atoms with van der Waals surface area (Å²) in [5, 5.41) is 23.5. The number of pyridine rings is 1. The van der Waals surface area contributed by atoms with Crippen LogP contribution in [0.3, 0.4) is 0 Å². The van der Waals surface area contributed by atoms with Gasteiger partial charge in [-0.3, -0.25) is 4.79 Å². The summed E-state index contributed by atoms with van der Waals surface area (Å²) in [5.74, 6) is 0.312. The molecule has 0 saturated heterocycles. The van der Waals surface area contributed by atoms with Gasteiger partial charge in [0.2, 0.25) is 5.88 Å². The standard InChI is InChI=1S/C18H14N4O2/c1-11-7-17(20-9-15(11)12(2)23)22-18(24)16(10-21-22)14-5-3-13(8-19)4-6-14/h3-7,9-10,24H,1-2H3. The molecule has 3 aromatic rings. The lowest BCUT2D eigenvalue weighted by molar-refractivity contribution is 0.101. The van der Waals surface area contributed by atoms with Gasteiger partial charge in [-0.1, -0.05) is 12.1 Å². The van der Waals surface area contributed by atoms with Crippen LogP contribution < -0.4 is 0 Å². The zero-order valence-corrected chi connectivity index (χ0v) is 13.2. The fourth-order valence-electron chi connectivity index (χ4n) is 2.46. The molecule has 2 aromatic heterocycles. The van der Waals surface area contributed by atoms with E-state index < -0.39 is 0 Å². The van der Waals surface area contributed by atoms with E-state index in [0.717, 1.165) is 11.1 Å². The number of aryl methyl sites for hydroxylation is 1. The lowest BCUT2D eigenvalue weighted by atomic mass is 10.1. The highest BCUT2D eigenvalue weighted by molar-refractivity contribution is 5.95. The number of carbonyl (C=O) groups excluding carboxylic acids is 1. The van der Waals surface area contributed by atoms with Crippen LogP contribution in [0, 0.1) is 18.3 Å². The van der Waals surface area contributed by atoms with Gasteiger partial charge in [-0.05, 0) is 43.2 Å². The van der Waals surface area contributed by atoms with E-state index >= 15 is 0 Å². The molecule has 0 fully saturated rings. The SMILES string of the molecule is CC(=O)c1cnc(-n2ncc(-c3ccc(C#N)cc3)c2O)cc1C. The molecule has 0 amide bonds. The van der Waals surface area contributed by atoms with E-state index in [9.17, 15) is 9.90 Å². The number of hydrogen-bond acceptors (Lipinski definition) is 5. The Morgan fingerprint density at radius 1 is 1.25 bits per heavy atom. The highest BCUT2D eigenvalue weighted by Gasteiger charge is 2.15. The Bertz CT molecular complexity index is 966. The number of aromatic hydroxyl groups is 1. The minimum atomic E-state index is -0.0606. The van der Waals surface area contributed by atoms with Crippen LogP contribution in [0.15, 0.2) is 42.7 Å². The summed E-state index contributed by atoms with van der Waals surface area (Å²) in [6, 6.07) is 10.6. The maximum Gasteiger partial charge on any atom is 0.223 e. The third-order valence-electron chi connectivity index (χ3n) is 3.76. The summed E-state index contributed by atoms with van der Waals surface area (Å²) in [6.45, 7) is 3.29.